The SMILES string of the molecule is N#CC1(c2ccccc2Cl)CCC(CNc2ncccc2NC(=O)CC(F)(F)F)CC1. The van der Waals surface area contributed by atoms with Crippen LogP contribution >= 0.6 is 11.6 Å². The van der Waals surface area contributed by atoms with Crippen molar-refractivity contribution in [3.63, 3.8) is 0 Å². The molecule has 0 bridgehead atoms. The van der Waals surface area contributed by atoms with Crippen LogP contribution in [0.4, 0.5) is 24.7 Å². The van der Waals surface area contributed by atoms with E-state index in [0.29, 0.717) is 30.2 Å². The molecule has 31 heavy (non-hydrogen) atoms. The zero-order chi connectivity index (χ0) is 22.5. The Morgan fingerprint density at radius 1 is 1.23 bits per heavy atom. The van der Waals surface area contributed by atoms with Crippen LogP contribution in [-0.4, -0.2) is 23.6 Å². The maximum absolute atomic E-state index is 12.4. The van der Waals surface area contributed by atoms with Gasteiger partial charge in [0.15, 0.2) is 0 Å². The molecular formula is C22H22ClF3N4O. The fraction of sp³-hybridized carbons (Fsp3) is 0.409. The van der Waals surface area contributed by atoms with E-state index in [2.05, 4.69) is 21.7 Å². The molecule has 2 aromatic rings. The third-order valence-corrected chi connectivity index (χ3v) is 5.89. The van der Waals surface area contributed by atoms with Gasteiger partial charge >= 0.3 is 6.18 Å². The molecule has 2 N–H and O–H groups in total. The molecule has 1 aromatic carbocycles. The number of carbonyl (C=O) groups is 1. The van der Waals surface area contributed by atoms with Gasteiger partial charge in [0.05, 0.1) is 17.2 Å². The van der Waals surface area contributed by atoms with E-state index in [1.807, 2.05) is 18.2 Å². The highest BCUT2D eigenvalue weighted by molar-refractivity contribution is 6.31. The van der Waals surface area contributed by atoms with Crippen LogP contribution < -0.4 is 10.6 Å². The Labute approximate surface area is 183 Å². The lowest BCUT2D eigenvalue weighted by molar-refractivity contribution is -0.150. The van der Waals surface area contributed by atoms with E-state index in [-0.39, 0.29) is 11.6 Å². The Kier molecular flexibility index (Phi) is 7.06. The van der Waals surface area contributed by atoms with Gasteiger partial charge in [0, 0.05) is 17.8 Å². The second kappa shape index (κ2) is 9.56. The lowest BCUT2D eigenvalue weighted by atomic mass is 9.67. The Bertz CT molecular complexity index is 966. The van der Waals surface area contributed by atoms with E-state index in [0.717, 1.165) is 18.4 Å². The quantitative estimate of drug-likeness (QED) is 0.592. The number of amides is 1. The van der Waals surface area contributed by atoms with Crippen molar-refractivity contribution in [1.29, 1.82) is 5.26 Å². The van der Waals surface area contributed by atoms with Crippen molar-refractivity contribution in [3.8, 4) is 6.07 Å². The first-order valence-corrected chi connectivity index (χ1v) is 10.3. The Balaban J connectivity index is 1.60. The van der Waals surface area contributed by atoms with Gasteiger partial charge in [-0.25, -0.2) is 4.98 Å². The number of carbonyl (C=O) groups excluding carboxylic acids is 1. The molecule has 9 heteroatoms. The molecule has 0 radical (unpaired) electrons. The number of anilines is 2. The predicted octanol–water partition coefficient (Wildman–Crippen LogP) is 5.69. The molecule has 0 saturated heterocycles. The lowest BCUT2D eigenvalue weighted by Crippen LogP contribution is -2.33. The lowest BCUT2D eigenvalue weighted by Gasteiger charge is -2.36. The van der Waals surface area contributed by atoms with E-state index in [1.165, 1.54) is 12.3 Å². The third-order valence-electron chi connectivity index (χ3n) is 5.56. The van der Waals surface area contributed by atoms with Gasteiger partial charge in [-0.05, 0) is 55.4 Å². The van der Waals surface area contributed by atoms with Crippen molar-refractivity contribution in [3.05, 3.63) is 53.2 Å². The smallest absolute Gasteiger partial charge is 0.368 e. The van der Waals surface area contributed by atoms with Crippen LogP contribution in [0.25, 0.3) is 0 Å². The maximum Gasteiger partial charge on any atom is 0.397 e. The van der Waals surface area contributed by atoms with Gasteiger partial charge in [-0.1, -0.05) is 29.8 Å². The number of nitrogens with one attached hydrogen (secondary N) is 2. The third kappa shape index (κ3) is 5.88. The molecule has 1 heterocycles. The maximum atomic E-state index is 12.4. The Morgan fingerprint density at radius 3 is 2.58 bits per heavy atom. The molecule has 1 fully saturated rings. The number of nitriles is 1. The zero-order valence-electron chi connectivity index (χ0n) is 16.7. The summed E-state index contributed by atoms with van der Waals surface area (Å²) in [5, 5.41) is 15.8. The molecule has 164 valence electrons. The summed E-state index contributed by atoms with van der Waals surface area (Å²) in [6.45, 7) is 0.531. The number of halogens is 4. The number of hydrogen-bond donors (Lipinski definition) is 2. The molecule has 3 rings (SSSR count). The highest BCUT2D eigenvalue weighted by atomic mass is 35.5. The first-order chi connectivity index (χ1) is 14.7. The topological polar surface area (TPSA) is 77.8 Å². The van der Waals surface area contributed by atoms with Crippen LogP contribution in [0.3, 0.4) is 0 Å². The largest absolute Gasteiger partial charge is 0.397 e. The van der Waals surface area contributed by atoms with E-state index in [1.54, 1.807) is 12.1 Å². The van der Waals surface area contributed by atoms with Gasteiger partial charge < -0.3 is 10.6 Å². The van der Waals surface area contributed by atoms with Crippen LogP contribution in [-0.2, 0) is 10.2 Å². The molecule has 1 saturated carbocycles. The van der Waals surface area contributed by atoms with Crippen LogP contribution in [0.2, 0.25) is 5.02 Å². The van der Waals surface area contributed by atoms with Crippen molar-refractivity contribution >= 4 is 29.0 Å². The van der Waals surface area contributed by atoms with E-state index < -0.39 is 23.9 Å². The highest BCUT2D eigenvalue weighted by Gasteiger charge is 2.38. The molecular weight excluding hydrogens is 429 g/mol. The van der Waals surface area contributed by atoms with E-state index >= 15 is 0 Å². The Hall–Kier alpha value is -2.79. The van der Waals surface area contributed by atoms with Crippen LogP contribution in [0.15, 0.2) is 42.6 Å². The average Bonchev–Trinajstić information content (AvgIpc) is 2.72. The van der Waals surface area contributed by atoms with E-state index in [9.17, 15) is 23.2 Å². The van der Waals surface area contributed by atoms with Crippen molar-refractivity contribution in [2.24, 2.45) is 5.92 Å². The average molecular weight is 451 g/mol. The summed E-state index contributed by atoms with van der Waals surface area (Å²) in [4.78, 5) is 15.8. The van der Waals surface area contributed by atoms with Crippen molar-refractivity contribution in [1.82, 2.24) is 4.98 Å². The van der Waals surface area contributed by atoms with Crippen molar-refractivity contribution in [2.45, 2.75) is 43.7 Å². The summed E-state index contributed by atoms with van der Waals surface area (Å²) in [7, 11) is 0. The summed E-state index contributed by atoms with van der Waals surface area (Å²) in [6.07, 6.45) is -1.73. The zero-order valence-corrected chi connectivity index (χ0v) is 17.4. The minimum atomic E-state index is -4.57. The van der Waals surface area contributed by atoms with Gasteiger partial charge in [0.25, 0.3) is 0 Å². The predicted molar refractivity (Wildman–Crippen MR) is 113 cm³/mol. The van der Waals surface area contributed by atoms with Gasteiger partial charge in [0.2, 0.25) is 5.91 Å². The normalized spacial score (nSPS) is 21.2. The molecule has 1 amide bonds. The molecule has 0 atom stereocenters. The van der Waals surface area contributed by atoms with Crippen LogP contribution in [0.1, 0.15) is 37.7 Å². The van der Waals surface area contributed by atoms with Gasteiger partial charge in [-0.15, -0.1) is 0 Å². The number of alkyl halides is 3. The minimum Gasteiger partial charge on any atom is -0.368 e. The second-order valence-electron chi connectivity index (χ2n) is 7.74. The first kappa shape index (κ1) is 22.9. The standard InChI is InChI=1S/C22H22ClF3N4O/c23-17-5-2-1-4-16(17)21(14-27)9-7-15(8-10-21)13-29-20-18(6-3-11-28-20)30-19(31)12-22(24,25)26/h1-6,11,15H,7-10,12-13H2,(H,28,29)(H,30,31). The number of nitrogens with zero attached hydrogens (tertiary/aromatic N) is 2. The first-order valence-electron chi connectivity index (χ1n) is 9.94. The Morgan fingerprint density at radius 2 is 1.94 bits per heavy atom. The molecule has 1 aliphatic rings. The number of pyridine rings is 1. The summed E-state index contributed by atoms with van der Waals surface area (Å²) in [5.74, 6) is -0.564. The highest BCUT2D eigenvalue weighted by Crippen LogP contribution is 2.43. The number of benzene rings is 1. The van der Waals surface area contributed by atoms with Gasteiger partial charge in [-0.3, -0.25) is 4.79 Å². The molecule has 0 spiro atoms. The summed E-state index contributed by atoms with van der Waals surface area (Å²) in [6, 6.07) is 12.9. The van der Waals surface area contributed by atoms with Crippen molar-refractivity contribution < 1.29 is 18.0 Å². The molecule has 5 nitrogen and oxygen atoms in total. The van der Waals surface area contributed by atoms with Crippen LogP contribution in [0.5, 0.6) is 0 Å². The molecule has 0 aliphatic heterocycles. The van der Waals surface area contributed by atoms with Gasteiger partial charge in [-0.2, -0.15) is 18.4 Å². The van der Waals surface area contributed by atoms with E-state index in [4.69, 9.17) is 11.6 Å². The molecule has 0 unspecified atom stereocenters. The van der Waals surface area contributed by atoms with Gasteiger partial charge in [0.1, 0.15) is 12.2 Å². The molecule has 1 aromatic heterocycles. The summed E-state index contributed by atoms with van der Waals surface area (Å²) >= 11 is 6.33. The molecule has 1 aliphatic carbocycles. The minimum absolute atomic E-state index is 0.204. The monoisotopic (exact) mass is 450 g/mol. The number of aromatic nitrogens is 1. The summed E-state index contributed by atoms with van der Waals surface area (Å²) < 4.78 is 37.2. The number of rotatable bonds is 6. The van der Waals surface area contributed by atoms with Crippen LogP contribution in [0, 0.1) is 17.2 Å². The number of hydrogen-bond acceptors (Lipinski definition) is 4. The fourth-order valence-corrected chi connectivity index (χ4v) is 4.25. The van der Waals surface area contributed by atoms with Crippen molar-refractivity contribution in [2.75, 3.05) is 17.2 Å². The fourth-order valence-electron chi connectivity index (χ4n) is 3.93. The second-order valence-corrected chi connectivity index (χ2v) is 8.14. The summed E-state index contributed by atoms with van der Waals surface area (Å²) in [5.41, 5.74) is 0.441.